The van der Waals surface area contributed by atoms with Crippen LogP contribution in [-0.2, 0) is 4.79 Å². The third kappa shape index (κ3) is 3.28. The van der Waals surface area contributed by atoms with Gasteiger partial charge in [-0.05, 0) is 35.7 Å². The van der Waals surface area contributed by atoms with Crippen molar-refractivity contribution in [3.63, 3.8) is 0 Å². The Balaban J connectivity index is 1.71. The lowest BCUT2D eigenvalue weighted by molar-refractivity contribution is -0.129. The predicted octanol–water partition coefficient (Wildman–Crippen LogP) is 2.29. The second-order valence-corrected chi connectivity index (χ2v) is 5.97. The van der Waals surface area contributed by atoms with Crippen molar-refractivity contribution in [2.45, 2.75) is 25.8 Å². The first-order valence-electron chi connectivity index (χ1n) is 7.83. The number of nitrogens with zero attached hydrogens (tertiary/aromatic N) is 1. The molecule has 120 valence electrons. The molecule has 5 heteroatoms. The van der Waals surface area contributed by atoms with Crippen molar-refractivity contribution in [1.82, 2.24) is 10.2 Å². The normalized spacial score (nSPS) is 15.6. The summed E-state index contributed by atoms with van der Waals surface area (Å²) in [5.74, 6) is -0.209. The molecule has 5 nitrogen and oxygen atoms in total. The van der Waals surface area contributed by atoms with Gasteiger partial charge in [-0.3, -0.25) is 9.59 Å². The molecule has 1 aliphatic rings. The van der Waals surface area contributed by atoms with E-state index in [0.717, 1.165) is 23.6 Å². The van der Waals surface area contributed by atoms with Crippen LogP contribution in [0.4, 0.5) is 0 Å². The number of nitrogens with one attached hydrogen (secondary N) is 1. The lowest BCUT2D eigenvalue weighted by Crippen LogP contribution is -2.46. The van der Waals surface area contributed by atoms with Gasteiger partial charge >= 0.3 is 0 Å². The highest BCUT2D eigenvalue weighted by atomic mass is 16.3. The minimum absolute atomic E-state index is 0.0117. The van der Waals surface area contributed by atoms with Crippen LogP contribution in [0.5, 0.6) is 5.75 Å². The van der Waals surface area contributed by atoms with E-state index in [4.69, 9.17) is 0 Å². The van der Waals surface area contributed by atoms with Crippen LogP contribution in [0.15, 0.2) is 36.4 Å². The maximum Gasteiger partial charge on any atom is 0.255 e. The molecule has 0 atom stereocenters. The minimum Gasteiger partial charge on any atom is -0.507 e. The second-order valence-electron chi connectivity index (χ2n) is 5.97. The van der Waals surface area contributed by atoms with Gasteiger partial charge < -0.3 is 15.3 Å². The molecule has 23 heavy (non-hydrogen) atoms. The molecule has 2 aromatic carbocycles. The van der Waals surface area contributed by atoms with E-state index in [1.807, 2.05) is 24.3 Å². The zero-order valence-electron chi connectivity index (χ0n) is 13.1. The summed E-state index contributed by atoms with van der Waals surface area (Å²) in [5.41, 5.74) is 0.290. The summed E-state index contributed by atoms with van der Waals surface area (Å²) in [6.07, 6.45) is 1.47. The number of carbonyl (C=O) groups is 2. The number of carbonyl (C=O) groups excluding carboxylic acids is 2. The Morgan fingerprint density at radius 2 is 1.74 bits per heavy atom. The first-order chi connectivity index (χ1) is 11.0. The number of hydrogen-bond acceptors (Lipinski definition) is 3. The molecule has 2 aromatic rings. The van der Waals surface area contributed by atoms with Crippen molar-refractivity contribution in [3.8, 4) is 5.75 Å². The molecule has 2 N–H and O–H groups in total. The SMILES string of the molecule is CC(=O)N1CCC(NC(=O)c2cc3ccccc3cc2O)CC1. The summed E-state index contributed by atoms with van der Waals surface area (Å²) in [6.45, 7) is 2.87. The maximum atomic E-state index is 12.4. The Kier molecular flexibility index (Phi) is 4.19. The van der Waals surface area contributed by atoms with Crippen molar-refractivity contribution < 1.29 is 14.7 Å². The first kappa shape index (κ1) is 15.3. The first-order valence-corrected chi connectivity index (χ1v) is 7.83. The number of phenolic OH excluding ortho intramolecular Hbond substituents is 1. The molecule has 0 saturated carbocycles. The number of likely N-dealkylation sites (tertiary alicyclic amines) is 1. The van der Waals surface area contributed by atoms with Gasteiger partial charge in [0.25, 0.3) is 5.91 Å². The van der Waals surface area contributed by atoms with Crippen molar-refractivity contribution in [1.29, 1.82) is 0 Å². The topological polar surface area (TPSA) is 69.6 Å². The van der Waals surface area contributed by atoms with Crippen molar-refractivity contribution in [2.75, 3.05) is 13.1 Å². The Morgan fingerprint density at radius 1 is 1.13 bits per heavy atom. The Bertz CT molecular complexity index is 749. The summed E-state index contributed by atoms with van der Waals surface area (Å²) in [6, 6.07) is 11.0. The number of fused-ring (bicyclic) bond motifs is 1. The molecule has 0 unspecified atom stereocenters. The number of hydrogen-bond donors (Lipinski definition) is 2. The zero-order valence-corrected chi connectivity index (χ0v) is 13.1. The highest BCUT2D eigenvalue weighted by Gasteiger charge is 2.23. The third-order valence-electron chi connectivity index (χ3n) is 4.38. The van der Waals surface area contributed by atoms with Crippen molar-refractivity contribution >= 4 is 22.6 Å². The minimum atomic E-state index is -0.269. The van der Waals surface area contributed by atoms with Crippen molar-refractivity contribution in [3.05, 3.63) is 42.0 Å². The molecule has 0 spiro atoms. The fraction of sp³-hybridized carbons (Fsp3) is 0.333. The fourth-order valence-corrected chi connectivity index (χ4v) is 3.01. The molecule has 1 heterocycles. The summed E-state index contributed by atoms with van der Waals surface area (Å²) in [7, 11) is 0. The van der Waals surface area contributed by atoms with Crippen LogP contribution in [0.3, 0.4) is 0 Å². The average molecular weight is 312 g/mol. The number of benzene rings is 2. The predicted molar refractivity (Wildman–Crippen MR) is 88.4 cm³/mol. The smallest absolute Gasteiger partial charge is 0.255 e. The van der Waals surface area contributed by atoms with Gasteiger partial charge in [0.1, 0.15) is 5.75 Å². The van der Waals surface area contributed by atoms with Gasteiger partial charge in [0, 0.05) is 26.1 Å². The van der Waals surface area contributed by atoms with Crippen LogP contribution in [0.2, 0.25) is 0 Å². The van der Waals surface area contributed by atoms with Crippen molar-refractivity contribution in [2.24, 2.45) is 0 Å². The molecule has 0 aliphatic carbocycles. The van der Waals surface area contributed by atoms with Crippen LogP contribution in [0, 0.1) is 0 Å². The third-order valence-corrected chi connectivity index (χ3v) is 4.38. The summed E-state index contributed by atoms with van der Waals surface area (Å²) < 4.78 is 0. The molecule has 2 amide bonds. The molecule has 1 aliphatic heterocycles. The monoisotopic (exact) mass is 312 g/mol. The average Bonchev–Trinajstić information content (AvgIpc) is 2.54. The zero-order chi connectivity index (χ0) is 16.4. The van der Waals surface area contributed by atoms with Gasteiger partial charge in [-0.25, -0.2) is 0 Å². The van der Waals surface area contributed by atoms with E-state index in [-0.39, 0.29) is 29.2 Å². The second kappa shape index (κ2) is 6.28. The standard InChI is InChI=1S/C18H20N2O3/c1-12(21)20-8-6-15(7-9-20)19-18(23)16-10-13-4-2-3-5-14(13)11-17(16)22/h2-5,10-11,15,22H,6-9H2,1H3,(H,19,23). The fourth-order valence-electron chi connectivity index (χ4n) is 3.01. The Labute approximate surface area is 134 Å². The summed E-state index contributed by atoms with van der Waals surface area (Å²) in [4.78, 5) is 25.6. The molecular formula is C18H20N2O3. The van der Waals surface area contributed by atoms with E-state index in [1.165, 1.54) is 0 Å². The molecule has 3 rings (SSSR count). The molecule has 1 fully saturated rings. The molecular weight excluding hydrogens is 292 g/mol. The molecule has 0 aromatic heterocycles. The maximum absolute atomic E-state index is 12.4. The lowest BCUT2D eigenvalue weighted by Gasteiger charge is -2.31. The van der Waals surface area contributed by atoms with E-state index in [9.17, 15) is 14.7 Å². The van der Waals surface area contributed by atoms with E-state index in [0.29, 0.717) is 13.1 Å². The number of rotatable bonds is 2. The van der Waals surface area contributed by atoms with Crippen LogP contribution in [0.25, 0.3) is 10.8 Å². The summed E-state index contributed by atoms with van der Waals surface area (Å²) >= 11 is 0. The van der Waals surface area contributed by atoms with Crippen LogP contribution in [0.1, 0.15) is 30.1 Å². The largest absolute Gasteiger partial charge is 0.507 e. The number of aromatic hydroxyl groups is 1. The molecule has 1 saturated heterocycles. The molecule has 0 bridgehead atoms. The van der Waals surface area contributed by atoms with Gasteiger partial charge in [0.2, 0.25) is 5.91 Å². The highest BCUT2D eigenvalue weighted by Crippen LogP contribution is 2.25. The van der Waals surface area contributed by atoms with Crippen LogP contribution < -0.4 is 5.32 Å². The molecule has 0 radical (unpaired) electrons. The van der Waals surface area contributed by atoms with Gasteiger partial charge in [-0.15, -0.1) is 0 Å². The van der Waals surface area contributed by atoms with Gasteiger partial charge in [0.05, 0.1) is 5.56 Å². The highest BCUT2D eigenvalue weighted by molar-refractivity contribution is 6.01. The Hall–Kier alpha value is -2.56. The van der Waals surface area contributed by atoms with Gasteiger partial charge in [-0.1, -0.05) is 24.3 Å². The number of piperidine rings is 1. The quantitative estimate of drug-likeness (QED) is 0.894. The van der Waals surface area contributed by atoms with E-state index < -0.39 is 0 Å². The van der Waals surface area contributed by atoms with E-state index >= 15 is 0 Å². The van der Waals surface area contributed by atoms with Gasteiger partial charge in [-0.2, -0.15) is 0 Å². The summed E-state index contributed by atoms with van der Waals surface area (Å²) in [5, 5.41) is 14.9. The number of phenols is 1. The van der Waals surface area contributed by atoms with E-state index in [1.54, 1.807) is 24.0 Å². The Morgan fingerprint density at radius 3 is 2.35 bits per heavy atom. The van der Waals surface area contributed by atoms with Crippen LogP contribution in [-0.4, -0.2) is 41.0 Å². The van der Waals surface area contributed by atoms with Crippen LogP contribution >= 0.6 is 0 Å². The lowest BCUT2D eigenvalue weighted by atomic mass is 10.0. The van der Waals surface area contributed by atoms with Gasteiger partial charge in [0.15, 0.2) is 0 Å². The number of amides is 2. The van der Waals surface area contributed by atoms with E-state index in [2.05, 4.69) is 5.32 Å².